The summed E-state index contributed by atoms with van der Waals surface area (Å²) in [6.07, 6.45) is 1.81. The third kappa shape index (κ3) is 6.67. The van der Waals surface area contributed by atoms with E-state index in [0.717, 1.165) is 92.9 Å². The molecule has 2 saturated heterocycles. The number of hydrogen-bond acceptors (Lipinski definition) is 12. The van der Waals surface area contributed by atoms with Gasteiger partial charge in [-0.3, -0.25) is 5.10 Å². The van der Waals surface area contributed by atoms with Crippen LogP contribution in [-0.4, -0.2) is 82.7 Å². The van der Waals surface area contributed by atoms with Crippen LogP contribution in [0.2, 0.25) is 5.28 Å². The number of H-pyrrole nitrogens is 1. The van der Waals surface area contributed by atoms with Crippen LogP contribution in [-0.2, 0) is 9.47 Å². The molecule has 0 radical (unpaired) electrons. The van der Waals surface area contributed by atoms with Crippen molar-refractivity contribution in [3.8, 4) is 11.4 Å². The summed E-state index contributed by atoms with van der Waals surface area (Å²) in [4.78, 5) is 22.8. The number of nitrogens with two attached hydrogens (primary N) is 1. The van der Waals surface area contributed by atoms with Gasteiger partial charge in [0.05, 0.1) is 66.5 Å². The van der Waals surface area contributed by atoms with Gasteiger partial charge in [-0.1, -0.05) is 12.1 Å². The maximum absolute atomic E-state index is 6.04. The summed E-state index contributed by atoms with van der Waals surface area (Å²) in [6, 6.07) is 9.97. The number of hydrogen-bond donors (Lipinski definition) is 2. The molecule has 224 valence electrons. The first-order valence-corrected chi connectivity index (χ1v) is 16.4. The quantitative estimate of drug-likeness (QED) is 0.177. The molecule has 16 heteroatoms. The Morgan fingerprint density at radius 2 is 1.51 bits per heavy atom. The molecule has 6 aromatic rings. The Morgan fingerprint density at radius 3 is 2.23 bits per heavy atom. The fourth-order valence-corrected chi connectivity index (χ4v) is 7.90. The molecule has 0 unspecified atom stereocenters. The van der Waals surface area contributed by atoms with E-state index in [0.29, 0.717) is 24.3 Å². The van der Waals surface area contributed by atoms with Crippen LogP contribution in [0.4, 0.5) is 16.6 Å². The number of nitrogens with zero attached hydrogens (tertiary/aromatic N) is 7. The minimum absolute atomic E-state index is 0. The number of anilines is 3. The van der Waals surface area contributed by atoms with Gasteiger partial charge in [0, 0.05) is 74.9 Å². The molecule has 0 bridgehead atoms. The molecule has 0 spiro atoms. The smallest absolute Gasteiger partial charge is 0.224 e. The summed E-state index contributed by atoms with van der Waals surface area (Å²) in [5.74, 6) is 2.57. The molecule has 7 heterocycles. The van der Waals surface area contributed by atoms with Gasteiger partial charge in [0.25, 0.3) is 0 Å². The van der Waals surface area contributed by atoms with Gasteiger partial charge < -0.3 is 25.0 Å². The predicted molar refractivity (Wildman–Crippen MR) is 178 cm³/mol. The predicted octanol–water partition coefficient (Wildman–Crippen LogP) is 5.44. The van der Waals surface area contributed by atoms with Crippen molar-refractivity contribution in [3.63, 3.8) is 0 Å². The number of benzene rings is 1. The van der Waals surface area contributed by atoms with E-state index in [1.165, 1.54) is 14.2 Å². The fraction of sp³-hybridized carbons (Fsp3) is 0.296. The number of fused-ring (bicyclic) bond motifs is 3. The Kier molecular flexibility index (Phi) is 10.1. The van der Waals surface area contributed by atoms with E-state index in [-0.39, 0.29) is 37.7 Å². The summed E-state index contributed by atoms with van der Waals surface area (Å²) < 4.78 is 14.2. The van der Waals surface area contributed by atoms with Crippen molar-refractivity contribution < 1.29 is 47.2 Å². The number of rotatable bonds is 3. The van der Waals surface area contributed by atoms with Gasteiger partial charge in [0.1, 0.15) is 0 Å². The summed E-state index contributed by atoms with van der Waals surface area (Å²) >= 11 is 11.5. The first-order chi connectivity index (χ1) is 20.5. The first kappa shape index (κ1) is 31.4. The van der Waals surface area contributed by atoms with Crippen molar-refractivity contribution in [2.75, 3.05) is 68.1 Å². The minimum Gasteiger partial charge on any atom is -0.391 e. The average molecular weight is 774 g/mol. The summed E-state index contributed by atoms with van der Waals surface area (Å²) in [7, 11) is 0. The van der Waals surface area contributed by atoms with Crippen LogP contribution in [0.15, 0.2) is 36.5 Å². The Morgan fingerprint density at radius 1 is 0.860 bits per heavy atom. The second kappa shape index (κ2) is 13.8. The number of thiophene rings is 2. The normalized spacial score (nSPS) is 15.5. The van der Waals surface area contributed by atoms with Gasteiger partial charge in [-0.25, -0.2) is 15.0 Å². The Labute approximate surface area is 303 Å². The molecule has 0 aliphatic carbocycles. The molecule has 1 aromatic carbocycles. The standard InChI is InChI=1S/C17H16N6OS.C10H9ClIN3OS.Ar/c18-14-8-13-15(25-14)17(23-4-6-24-7-5-23)21-16(20-13)10-2-1-3-12-11(10)9-19-22-12;11-10-13-6-5-7(12)17-8(6)9(14-10)15-1-3-16-4-2-15;/h1-3,8-9H,4-7,18H2,(H,19,22);5H,1-4H2;. The van der Waals surface area contributed by atoms with Crippen molar-refractivity contribution in [2.24, 2.45) is 0 Å². The van der Waals surface area contributed by atoms with Crippen LogP contribution >= 0.6 is 56.9 Å². The zero-order valence-electron chi connectivity index (χ0n) is 22.6. The Balaban J connectivity index is 0.000000161. The van der Waals surface area contributed by atoms with Crippen LogP contribution < -0.4 is 15.5 Å². The largest absolute Gasteiger partial charge is 0.391 e. The van der Waals surface area contributed by atoms with Crippen molar-refractivity contribution >= 4 is 105 Å². The zero-order valence-corrected chi connectivity index (χ0v) is 27.8. The number of aromatic nitrogens is 6. The van der Waals surface area contributed by atoms with E-state index in [1.54, 1.807) is 11.3 Å². The van der Waals surface area contributed by atoms with Crippen LogP contribution in [0.3, 0.4) is 0 Å². The van der Waals surface area contributed by atoms with Crippen LogP contribution in [0.25, 0.3) is 42.7 Å². The number of nitrogens with one attached hydrogen (secondary N) is 1. The maximum atomic E-state index is 6.04. The number of nitrogen functional groups attached to an aromatic ring is 1. The molecule has 0 atom stereocenters. The third-order valence-corrected chi connectivity index (χ3v) is 10.0. The number of halogens is 2. The van der Waals surface area contributed by atoms with E-state index in [2.05, 4.69) is 52.6 Å². The Hall–Kier alpha value is -1.63. The van der Waals surface area contributed by atoms with Gasteiger partial charge in [-0.05, 0) is 52.4 Å². The van der Waals surface area contributed by atoms with Gasteiger partial charge >= 0.3 is 0 Å². The summed E-state index contributed by atoms with van der Waals surface area (Å²) in [6.45, 7) is 6.25. The molecule has 0 saturated carbocycles. The Bertz CT molecular complexity index is 1890. The maximum Gasteiger partial charge on any atom is 0.224 e. The third-order valence-electron chi connectivity index (χ3n) is 7.02. The molecule has 2 aliphatic heterocycles. The van der Waals surface area contributed by atoms with Crippen molar-refractivity contribution in [1.29, 1.82) is 0 Å². The molecule has 3 N–H and O–H groups in total. The van der Waals surface area contributed by atoms with E-state index in [1.807, 2.05) is 36.5 Å². The van der Waals surface area contributed by atoms with E-state index >= 15 is 0 Å². The number of aromatic amines is 1. The van der Waals surface area contributed by atoms with E-state index in [4.69, 9.17) is 36.8 Å². The van der Waals surface area contributed by atoms with Crippen LogP contribution in [0.1, 0.15) is 0 Å². The molecular weight excluding hydrogens is 749 g/mol. The molecule has 0 amide bonds. The minimum atomic E-state index is 0. The SMILES string of the molecule is Clc1nc(N2CCOCC2)c2sc(I)cc2n1.Nc1cc2nc(-c3cccc4[nH]ncc34)nc(N3CCOCC3)c2s1.[Ar]. The second-order valence-electron chi connectivity index (χ2n) is 9.65. The van der Waals surface area contributed by atoms with Crippen molar-refractivity contribution in [1.82, 2.24) is 30.1 Å². The molecule has 11 nitrogen and oxygen atoms in total. The molecule has 8 rings (SSSR count). The first-order valence-electron chi connectivity index (χ1n) is 13.3. The fourth-order valence-electron chi connectivity index (χ4n) is 5.05. The average Bonchev–Trinajstić information content (AvgIpc) is 3.74. The molecule has 2 aliphatic rings. The zero-order chi connectivity index (χ0) is 28.6. The van der Waals surface area contributed by atoms with E-state index in [9.17, 15) is 0 Å². The van der Waals surface area contributed by atoms with Gasteiger partial charge in [-0.2, -0.15) is 10.1 Å². The number of ether oxygens (including phenoxy) is 2. The van der Waals surface area contributed by atoms with Crippen molar-refractivity contribution in [3.05, 3.63) is 44.7 Å². The second-order valence-corrected chi connectivity index (χ2v) is 14.0. The molecule has 43 heavy (non-hydrogen) atoms. The van der Waals surface area contributed by atoms with Crippen LogP contribution in [0, 0.1) is 40.6 Å². The molecule has 2 fully saturated rings. The monoisotopic (exact) mass is 773 g/mol. The summed E-state index contributed by atoms with van der Waals surface area (Å²) in [5, 5.41) is 9.21. The van der Waals surface area contributed by atoms with Crippen molar-refractivity contribution in [2.45, 2.75) is 0 Å². The van der Waals surface area contributed by atoms with Crippen LogP contribution in [0.5, 0.6) is 0 Å². The van der Waals surface area contributed by atoms with Gasteiger partial charge in [-0.15, -0.1) is 22.7 Å². The van der Waals surface area contributed by atoms with E-state index < -0.39 is 0 Å². The topological polar surface area (TPSA) is 131 Å². The van der Waals surface area contributed by atoms with Gasteiger partial charge in [0.2, 0.25) is 5.28 Å². The van der Waals surface area contributed by atoms with Gasteiger partial charge in [0.15, 0.2) is 17.5 Å². The molecule has 5 aromatic heterocycles. The number of morpholine rings is 2. The molecular formula is C27H25ArClIN9O2S2. The summed E-state index contributed by atoms with van der Waals surface area (Å²) in [5.41, 5.74) is 9.80.